The van der Waals surface area contributed by atoms with Crippen LogP contribution in [-0.2, 0) is 17.9 Å². The highest BCUT2D eigenvalue weighted by molar-refractivity contribution is 6.02. The van der Waals surface area contributed by atoms with Crippen molar-refractivity contribution in [2.24, 2.45) is 5.92 Å². The topological polar surface area (TPSA) is 87.5 Å². The van der Waals surface area contributed by atoms with Crippen molar-refractivity contribution in [1.29, 1.82) is 0 Å². The molecule has 2 aromatic rings. The normalized spacial score (nSPS) is 15.2. The number of fused-ring (bicyclic) bond motifs is 1. The van der Waals surface area contributed by atoms with Gasteiger partial charge in [0.25, 0.3) is 11.8 Å². The number of aromatic nitrogens is 2. The number of nitrogens with one attached hydrogen (secondary N) is 1. The monoisotopic (exact) mass is 370 g/mol. The van der Waals surface area contributed by atoms with Crippen LogP contribution in [0.25, 0.3) is 0 Å². The molecule has 0 radical (unpaired) electrons. The molecule has 1 aliphatic heterocycles. The maximum atomic E-state index is 12.5. The molecule has 0 fully saturated rings. The van der Waals surface area contributed by atoms with E-state index in [2.05, 4.69) is 10.4 Å². The smallest absolute Gasteiger partial charge is 0.276 e. The number of benzene rings is 1. The second-order valence-electron chi connectivity index (χ2n) is 7.32. The van der Waals surface area contributed by atoms with Crippen molar-refractivity contribution in [2.45, 2.75) is 45.9 Å². The molecule has 1 unspecified atom stereocenters. The minimum atomic E-state index is -0.986. The summed E-state index contributed by atoms with van der Waals surface area (Å²) < 4.78 is 1.78. The average Bonchev–Trinajstić information content (AvgIpc) is 2.93. The fourth-order valence-electron chi connectivity index (χ4n) is 3.24. The van der Waals surface area contributed by atoms with Crippen molar-refractivity contribution in [1.82, 2.24) is 14.7 Å². The third-order valence-electron chi connectivity index (χ3n) is 4.57. The van der Waals surface area contributed by atoms with Gasteiger partial charge in [-0.2, -0.15) is 5.10 Å². The van der Waals surface area contributed by atoms with Gasteiger partial charge in [-0.15, -0.1) is 0 Å². The molecule has 7 nitrogen and oxygen atoms in total. The summed E-state index contributed by atoms with van der Waals surface area (Å²) in [5.74, 6) is -0.289. The van der Waals surface area contributed by atoms with E-state index in [0.717, 1.165) is 12.1 Å². The number of anilines is 1. The van der Waals surface area contributed by atoms with Crippen molar-refractivity contribution < 1.29 is 14.7 Å². The van der Waals surface area contributed by atoms with Crippen molar-refractivity contribution in [3.8, 4) is 0 Å². The SMILES string of the molecule is CC(C)CC(O)C(=O)N1CCCn2nc(C(=O)Nc3ccccc3)cc2C1. The van der Waals surface area contributed by atoms with Crippen molar-refractivity contribution in [3.63, 3.8) is 0 Å². The number of nitrogens with zero attached hydrogens (tertiary/aromatic N) is 3. The minimum Gasteiger partial charge on any atom is -0.383 e. The predicted molar refractivity (Wildman–Crippen MR) is 102 cm³/mol. The van der Waals surface area contributed by atoms with Gasteiger partial charge in [0.2, 0.25) is 0 Å². The molecule has 0 saturated heterocycles. The second-order valence-corrected chi connectivity index (χ2v) is 7.32. The lowest BCUT2D eigenvalue weighted by atomic mass is 10.1. The number of rotatable bonds is 5. The molecule has 0 saturated carbocycles. The lowest BCUT2D eigenvalue weighted by Gasteiger charge is -2.23. The van der Waals surface area contributed by atoms with Crippen LogP contribution in [-0.4, -0.2) is 44.3 Å². The standard InChI is InChI=1S/C20H26N4O3/c1-14(2)11-18(25)20(27)23-9-6-10-24-16(13-23)12-17(22-24)19(26)21-15-7-4-3-5-8-15/h3-5,7-8,12,14,18,25H,6,9-11,13H2,1-2H3,(H,21,26). The Morgan fingerprint density at radius 2 is 1.96 bits per heavy atom. The molecule has 144 valence electrons. The first kappa shape index (κ1) is 19.1. The number of aryl methyl sites for hydroxylation is 1. The largest absolute Gasteiger partial charge is 0.383 e. The van der Waals surface area contributed by atoms with Gasteiger partial charge in [-0.3, -0.25) is 14.3 Å². The first-order valence-electron chi connectivity index (χ1n) is 9.34. The van der Waals surface area contributed by atoms with Crippen molar-refractivity contribution in [3.05, 3.63) is 47.8 Å². The molecule has 0 aliphatic carbocycles. The number of carbonyl (C=O) groups is 2. The van der Waals surface area contributed by atoms with E-state index in [1.54, 1.807) is 15.6 Å². The van der Waals surface area contributed by atoms with E-state index in [0.29, 0.717) is 37.4 Å². The number of amides is 2. The van der Waals surface area contributed by atoms with Crippen LogP contribution < -0.4 is 5.32 Å². The summed E-state index contributed by atoms with van der Waals surface area (Å²) in [6.07, 6.45) is 0.189. The summed E-state index contributed by atoms with van der Waals surface area (Å²) in [6.45, 7) is 5.51. The lowest BCUT2D eigenvalue weighted by molar-refractivity contribution is -0.141. The highest BCUT2D eigenvalue weighted by Crippen LogP contribution is 2.17. The van der Waals surface area contributed by atoms with Crippen LogP contribution in [0.5, 0.6) is 0 Å². The number of hydrogen-bond donors (Lipinski definition) is 2. The van der Waals surface area contributed by atoms with Gasteiger partial charge in [0.15, 0.2) is 5.69 Å². The predicted octanol–water partition coefficient (Wildman–Crippen LogP) is 2.27. The molecule has 0 spiro atoms. The quantitative estimate of drug-likeness (QED) is 0.845. The van der Waals surface area contributed by atoms with E-state index in [1.165, 1.54) is 0 Å². The number of aliphatic hydroxyl groups excluding tert-OH is 1. The highest BCUT2D eigenvalue weighted by atomic mass is 16.3. The fraction of sp³-hybridized carbons (Fsp3) is 0.450. The molecule has 1 aromatic carbocycles. The summed E-state index contributed by atoms with van der Waals surface area (Å²) in [5, 5.41) is 17.4. The molecule has 27 heavy (non-hydrogen) atoms. The third kappa shape index (κ3) is 4.74. The number of para-hydroxylation sites is 1. The van der Waals surface area contributed by atoms with Crippen molar-refractivity contribution >= 4 is 17.5 Å². The summed E-state index contributed by atoms with van der Waals surface area (Å²) >= 11 is 0. The Hall–Kier alpha value is -2.67. The van der Waals surface area contributed by atoms with Crippen LogP contribution in [0.3, 0.4) is 0 Å². The highest BCUT2D eigenvalue weighted by Gasteiger charge is 2.26. The summed E-state index contributed by atoms with van der Waals surface area (Å²) in [6, 6.07) is 10.9. The first-order valence-corrected chi connectivity index (χ1v) is 9.34. The zero-order valence-corrected chi connectivity index (χ0v) is 15.8. The zero-order valence-electron chi connectivity index (χ0n) is 15.8. The van der Waals surface area contributed by atoms with Gasteiger partial charge in [-0.1, -0.05) is 32.0 Å². The van der Waals surface area contributed by atoms with Crippen molar-refractivity contribution in [2.75, 3.05) is 11.9 Å². The van der Waals surface area contributed by atoms with Crippen LogP contribution in [0.1, 0.15) is 42.9 Å². The first-order chi connectivity index (χ1) is 12.9. The summed E-state index contributed by atoms with van der Waals surface area (Å²) in [5.41, 5.74) is 1.83. The lowest BCUT2D eigenvalue weighted by Crippen LogP contribution is -2.39. The Labute approximate surface area is 159 Å². The van der Waals surface area contributed by atoms with E-state index in [9.17, 15) is 14.7 Å². The van der Waals surface area contributed by atoms with Crippen LogP contribution in [0, 0.1) is 5.92 Å². The molecule has 2 heterocycles. The molecule has 1 aliphatic rings. The van der Waals surface area contributed by atoms with Gasteiger partial charge in [0.05, 0.1) is 12.2 Å². The average molecular weight is 370 g/mol. The molecular formula is C20H26N4O3. The molecule has 0 bridgehead atoms. The van der Waals surface area contributed by atoms with Gasteiger partial charge in [0.1, 0.15) is 6.10 Å². The van der Waals surface area contributed by atoms with E-state index in [-0.39, 0.29) is 17.7 Å². The number of hydrogen-bond acceptors (Lipinski definition) is 4. The Morgan fingerprint density at radius 1 is 1.22 bits per heavy atom. The van der Waals surface area contributed by atoms with E-state index >= 15 is 0 Å². The Balaban J connectivity index is 1.71. The van der Waals surface area contributed by atoms with E-state index < -0.39 is 6.10 Å². The fourth-order valence-corrected chi connectivity index (χ4v) is 3.24. The van der Waals surface area contributed by atoms with Crippen LogP contribution >= 0.6 is 0 Å². The molecule has 2 amide bonds. The van der Waals surface area contributed by atoms with Crippen LogP contribution in [0.15, 0.2) is 36.4 Å². The van der Waals surface area contributed by atoms with E-state index in [1.807, 2.05) is 44.2 Å². The molecule has 2 N–H and O–H groups in total. The maximum Gasteiger partial charge on any atom is 0.276 e. The van der Waals surface area contributed by atoms with Gasteiger partial charge in [0, 0.05) is 18.8 Å². The van der Waals surface area contributed by atoms with Gasteiger partial charge < -0.3 is 15.3 Å². The van der Waals surface area contributed by atoms with Crippen LogP contribution in [0.4, 0.5) is 5.69 Å². The molecular weight excluding hydrogens is 344 g/mol. The molecule has 1 aromatic heterocycles. The Morgan fingerprint density at radius 3 is 2.67 bits per heavy atom. The third-order valence-corrected chi connectivity index (χ3v) is 4.57. The van der Waals surface area contributed by atoms with Crippen LogP contribution in [0.2, 0.25) is 0 Å². The molecule has 7 heteroatoms. The van der Waals surface area contributed by atoms with Gasteiger partial charge in [-0.25, -0.2) is 0 Å². The Bertz CT molecular complexity index is 801. The summed E-state index contributed by atoms with van der Waals surface area (Å²) in [7, 11) is 0. The second kappa shape index (κ2) is 8.35. The number of aliphatic hydroxyl groups is 1. The number of carbonyl (C=O) groups excluding carboxylic acids is 2. The Kier molecular flexibility index (Phi) is 5.91. The maximum absolute atomic E-state index is 12.5. The van der Waals surface area contributed by atoms with Gasteiger partial charge >= 0.3 is 0 Å². The zero-order chi connectivity index (χ0) is 19.4. The molecule has 1 atom stereocenters. The van der Waals surface area contributed by atoms with E-state index in [4.69, 9.17) is 0 Å². The van der Waals surface area contributed by atoms with Gasteiger partial charge in [-0.05, 0) is 37.0 Å². The molecule has 3 rings (SSSR count). The summed E-state index contributed by atoms with van der Waals surface area (Å²) in [4.78, 5) is 26.7. The minimum absolute atomic E-state index is 0.245.